The fraction of sp³-hybridized carbons (Fsp3) is 0.364. The van der Waals surface area contributed by atoms with Crippen LogP contribution in [0.3, 0.4) is 0 Å². The van der Waals surface area contributed by atoms with E-state index in [1.54, 1.807) is 13.1 Å². The number of aryl methyl sites for hydroxylation is 1. The molecule has 0 radical (unpaired) electrons. The van der Waals surface area contributed by atoms with Crippen LogP contribution in [0.25, 0.3) is 0 Å². The first kappa shape index (κ1) is 11.7. The number of amides is 1. The largest absolute Gasteiger partial charge is 0.351 e. The number of likely N-dealkylation sites (N-methyl/N-ethyl adjacent to an activating group) is 1. The van der Waals surface area contributed by atoms with Gasteiger partial charge in [-0.2, -0.15) is 0 Å². The fourth-order valence-corrected chi connectivity index (χ4v) is 1.21. The summed E-state index contributed by atoms with van der Waals surface area (Å²) in [6.07, 6.45) is 0. The molecule has 1 rings (SSSR count). The third kappa shape index (κ3) is 3.67. The lowest BCUT2D eigenvalue weighted by atomic mass is 10.1. The van der Waals surface area contributed by atoms with Crippen LogP contribution in [0, 0.1) is 12.7 Å². The van der Waals surface area contributed by atoms with Gasteiger partial charge in [-0.3, -0.25) is 4.79 Å². The molecule has 0 aliphatic rings. The molecule has 0 aliphatic heterocycles. The molecule has 0 heterocycles. The zero-order valence-electron chi connectivity index (χ0n) is 8.93. The van der Waals surface area contributed by atoms with Gasteiger partial charge >= 0.3 is 0 Å². The molecule has 3 nitrogen and oxygen atoms in total. The Bertz CT molecular complexity index is 352. The van der Waals surface area contributed by atoms with Gasteiger partial charge in [-0.05, 0) is 25.6 Å². The van der Waals surface area contributed by atoms with E-state index in [-0.39, 0.29) is 24.8 Å². The summed E-state index contributed by atoms with van der Waals surface area (Å²) in [5.41, 5.74) is 1.38. The number of carbonyl (C=O) groups is 1. The molecule has 0 fully saturated rings. The number of hydrogen-bond acceptors (Lipinski definition) is 2. The molecule has 0 saturated heterocycles. The minimum Gasteiger partial charge on any atom is -0.351 e. The van der Waals surface area contributed by atoms with Gasteiger partial charge in [0.1, 0.15) is 5.82 Å². The molecule has 82 valence electrons. The Morgan fingerprint density at radius 2 is 2.20 bits per heavy atom. The van der Waals surface area contributed by atoms with Crippen molar-refractivity contribution in [3.05, 3.63) is 35.1 Å². The van der Waals surface area contributed by atoms with Gasteiger partial charge in [-0.15, -0.1) is 0 Å². The van der Waals surface area contributed by atoms with Gasteiger partial charge in [-0.25, -0.2) is 4.39 Å². The molecule has 1 amide bonds. The molecule has 4 heteroatoms. The second-order valence-electron chi connectivity index (χ2n) is 3.40. The van der Waals surface area contributed by atoms with Crippen molar-refractivity contribution in [1.82, 2.24) is 10.6 Å². The van der Waals surface area contributed by atoms with Gasteiger partial charge in [0, 0.05) is 12.1 Å². The van der Waals surface area contributed by atoms with Crippen molar-refractivity contribution in [2.45, 2.75) is 13.5 Å². The zero-order chi connectivity index (χ0) is 11.3. The van der Waals surface area contributed by atoms with Gasteiger partial charge in [-0.1, -0.05) is 12.1 Å². The predicted molar refractivity (Wildman–Crippen MR) is 56.9 cm³/mol. The van der Waals surface area contributed by atoms with Crippen LogP contribution in [0.1, 0.15) is 11.1 Å². The first-order valence-electron chi connectivity index (χ1n) is 4.80. The molecule has 0 unspecified atom stereocenters. The summed E-state index contributed by atoms with van der Waals surface area (Å²) in [4.78, 5) is 11.1. The molecule has 0 spiro atoms. The Hall–Kier alpha value is -1.42. The van der Waals surface area contributed by atoms with E-state index in [4.69, 9.17) is 0 Å². The molecule has 1 aromatic rings. The quantitative estimate of drug-likeness (QED) is 0.777. The number of rotatable bonds is 4. The third-order valence-electron chi connectivity index (χ3n) is 2.02. The number of halogens is 1. The van der Waals surface area contributed by atoms with E-state index < -0.39 is 0 Å². The first-order valence-corrected chi connectivity index (χ1v) is 4.80. The van der Waals surface area contributed by atoms with Gasteiger partial charge in [0.25, 0.3) is 0 Å². The molecule has 15 heavy (non-hydrogen) atoms. The average Bonchev–Trinajstić information content (AvgIpc) is 2.17. The van der Waals surface area contributed by atoms with Gasteiger partial charge < -0.3 is 10.6 Å². The third-order valence-corrected chi connectivity index (χ3v) is 2.02. The van der Waals surface area contributed by atoms with Crippen LogP contribution in [-0.2, 0) is 11.3 Å². The highest BCUT2D eigenvalue weighted by atomic mass is 19.1. The maximum absolute atomic E-state index is 13.3. The average molecular weight is 210 g/mol. The van der Waals surface area contributed by atoms with Crippen LogP contribution in [-0.4, -0.2) is 19.5 Å². The summed E-state index contributed by atoms with van der Waals surface area (Å²) in [6, 6.07) is 4.96. The summed E-state index contributed by atoms with van der Waals surface area (Å²) in [5, 5.41) is 5.34. The van der Waals surface area contributed by atoms with Crippen molar-refractivity contribution in [2.75, 3.05) is 13.6 Å². The number of carbonyl (C=O) groups excluding carboxylic acids is 1. The lowest BCUT2D eigenvalue weighted by molar-refractivity contribution is -0.120. The molecular formula is C11H15FN2O. The lowest BCUT2D eigenvalue weighted by Gasteiger charge is -2.06. The molecule has 0 bridgehead atoms. The van der Waals surface area contributed by atoms with Crippen LogP contribution < -0.4 is 10.6 Å². The summed E-state index contributed by atoms with van der Waals surface area (Å²) in [6.45, 7) is 2.30. The van der Waals surface area contributed by atoms with E-state index >= 15 is 0 Å². The molecule has 0 aliphatic carbocycles. The van der Waals surface area contributed by atoms with Gasteiger partial charge in [0.05, 0.1) is 6.54 Å². The maximum Gasteiger partial charge on any atom is 0.234 e. The highest BCUT2D eigenvalue weighted by Crippen LogP contribution is 2.09. The lowest BCUT2D eigenvalue weighted by Crippen LogP contribution is -2.31. The normalized spacial score (nSPS) is 10.1. The number of nitrogens with one attached hydrogen (secondary N) is 2. The van der Waals surface area contributed by atoms with Gasteiger partial charge in [0.2, 0.25) is 5.91 Å². The van der Waals surface area contributed by atoms with Crippen LogP contribution in [0.2, 0.25) is 0 Å². The molecule has 1 aromatic carbocycles. The van der Waals surface area contributed by atoms with Crippen molar-refractivity contribution in [3.8, 4) is 0 Å². The van der Waals surface area contributed by atoms with E-state index in [1.807, 2.05) is 13.0 Å². The van der Waals surface area contributed by atoms with Crippen LogP contribution in [0.4, 0.5) is 4.39 Å². The van der Waals surface area contributed by atoms with Gasteiger partial charge in [0.15, 0.2) is 0 Å². The van der Waals surface area contributed by atoms with Crippen molar-refractivity contribution < 1.29 is 9.18 Å². The van der Waals surface area contributed by atoms with Crippen molar-refractivity contribution in [1.29, 1.82) is 0 Å². The maximum atomic E-state index is 13.3. The SMILES string of the molecule is CNCC(=O)NCc1ccc(C)cc1F. The summed E-state index contributed by atoms with van der Waals surface area (Å²) >= 11 is 0. The monoisotopic (exact) mass is 210 g/mol. The minimum absolute atomic E-state index is 0.141. The van der Waals surface area contributed by atoms with Crippen molar-refractivity contribution >= 4 is 5.91 Å². The topological polar surface area (TPSA) is 41.1 Å². The molecule has 0 saturated carbocycles. The van der Waals surface area contributed by atoms with Crippen molar-refractivity contribution in [3.63, 3.8) is 0 Å². The van der Waals surface area contributed by atoms with Crippen LogP contribution in [0.15, 0.2) is 18.2 Å². The Morgan fingerprint density at radius 3 is 2.80 bits per heavy atom. The molecular weight excluding hydrogens is 195 g/mol. The Balaban J connectivity index is 2.54. The van der Waals surface area contributed by atoms with Crippen LogP contribution in [0.5, 0.6) is 0 Å². The molecule has 0 atom stereocenters. The molecule has 2 N–H and O–H groups in total. The van der Waals surface area contributed by atoms with Crippen molar-refractivity contribution in [2.24, 2.45) is 0 Å². The summed E-state index contributed by atoms with van der Waals surface area (Å²) in [5.74, 6) is -0.419. The predicted octanol–water partition coefficient (Wildman–Crippen LogP) is 0.970. The second-order valence-corrected chi connectivity index (χ2v) is 3.40. The fourth-order valence-electron chi connectivity index (χ4n) is 1.21. The highest BCUT2D eigenvalue weighted by Gasteiger charge is 2.04. The zero-order valence-corrected chi connectivity index (χ0v) is 8.93. The number of hydrogen-bond donors (Lipinski definition) is 2. The molecule has 0 aromatic heterocycles. The minimum atomic E-state index is -0.278. The standard InChI is InChI=1S/C11H15FN2O/c1-8-3-4-9(10(12)5-8)6-14-11(15)7-13-2/h3-5,13H,6-7H2,1-2H3,(H,14,15). The van der Waals surface area contributed by atoms with E-state index in [0.717, 1.165) is 5.56 Å². The highest BCUT2D eigenvalue weighted by molar-refractivity contribution is 5.77. The van der Waals surface area contributed by atoms with E-state index in [0.29, 0.717) is 5.56 Å². The Morgan fingerprint density at radius 1 is 1.47 bits per heavy atom. The van der Waals surface area contributed by atoms with E-state index in [9.17, 15) is 9.18 Å². The summed E-state index contributed by atoms with van der Waals surface area (Å²) in [7, 11) is 1.69. The Kier molecular flexibility index (Phi) is 4.24. The van der Waals surface area contributed by atoms with E-state index in [2.05, 4.69) is 10.6 Å². The summed E-state index contributed by atoms with van der Waals surface area (Å²) < 4.78 is 13.3. The van der Waals surface area contributed by atoms with E-state index in [1.165, 1.54) is 6.07 Å². The first-order chi connectivity index (χ1) is 7.13. The second kappa shape index (κ2) is 5.46. The van der Waals surface area contributed by atoms with Crippen LogP contribution >= 0.6 is 0 Å². The smallest absolute Gasteiger partial charge is 0.234 e. The number of benzene rings is 1. The Labute approximate surface area is 88.7 Å².